The van der Waals surface area contributed by atoms with Crippen molar-refractivity contribution in [2.24, 2.45) is 0 Å². The normalized spacial score (nSPS) is 14.1. The van der Waals surface area contributed by atoms with Gasteiger partial charge in [0.05, 0.1) is 6.61 Å². The molecule has 0 aliphatic carbocycles. The first kappa shape index (κ1) is 15.9. The molecule has 0 radical (unpaired) electrons. The largest absolute Gasteiger partial charge is 0.481 e. The molecule has 0 saturated heterocycles. The van der Waals surface area contributed by atoms with Crippen molar-refractivity contribution in [3.8, 4) is 0 Å². The Balaban J connectivity index is 4.13. The van der Waals surface area contributed by atoms with Crippen molar-refractivity contribution in [1.29, 1.82) is 0 Å². The summed E-state index contributed by atoms with van der Waals surface area (Å²) in [5.41, 5.74) is 0. The lowest BCUT2D eigenvalue weighted by Crippen LogP contribution is -2.34. The van der Waals surface area contributed by atoms with Crippen molar-refractivity contribution in [3.63, 3.8) is 0 Å². The topological polar surface area (TPSA) is 104 Å². The summed E-state index contributed by atoms with van der Waals surface area (Å²) in [6.45, 7) is 1.31. The molecule has 0 heterocycles. The quantitative estimate of drug-likeness (QED) is 0.507. The van der Waals surface area contributed by atoms with Crippen LogP contribution in [0, 0.1) is 0 Å². The SMILES string of the molecule is CCCC(=O)OC(CCCC(=O)O)C(O)CO. The van der Waals surface area contributed by atoms with E-state index in [9.17, 15) is 14.7 Å². The standard InChI is InChI=1S/C11H20O6/c1-2-4-11(16)17-9(8(13)7-12)5-3-6-10(14)15/h8-9,12-13H,2-7H2,1H3,(H,14,15). The molecule has 6 heteroatoms. The van der Waals surface area contributed by atoms with Crippen molar-refractivity contribution < 1.29 is 29.6 Å². The first-order chi connectivity index (χ1) is 8.01. The molecule has 0 aliphatic heterocycles. The molecule has 0 fully saturated rings. The van der Waals surface area contributed by atoms with Gasteiger partial charge in [-0.1, -0.05) is 6.92 Å². The van der Waals surface area contributed by atoms with E-state index in [0.29, 0.717) is 6.42 Å². The number of aliphatic hydroxyl groups is 2. The van der Waals surface area contributed by atoms with Gasteiger partial charge in [0.1, 0.15) is 12.2 Å². The minimum absolute atomic E-state index is 0.0556. The van der Waals surface area contributed by atoms with Crippen LogP contribution in [0.5, 0.6) is 0 Å². The molecule has 0 aliphatic rings. The molecule has 0 rings (SSSR count). The molecule has 2 unspecified atom stereocenters. The number of hydrogen-bond acceptors (Lipinski definition) is 5. The summed E-state index contributed by atoms with van der Waals surface area (Å²) in [7, 11) is 0. The summed E-state index contributed by atoms with van der Waals surface area (Å²) in [5.74, 6) is -1.39. The van der Waals surface area contributed by atoms with Crippen molar-refractivity contribution in [2.75, 3.05) is 6.61 Å². The molecular weight excluding hydrogens is 228 g/mol. The fourth-order valence-corrected chi connectivity index (χ4v) is 1.33. The summed E-state index contributed by atoms with van der Waals surface area (Å²) in [6.07, 6.45) is -0.661. The van der Waals surface area contributed by atoms with Gasteiger partial charge in [0, 0.05) is 12.8 Å². The zero-order valence-electron chi connectivity index (χ0n) is 9.96. The van der Waals surface area contributed by atoms with Gasteiger partial charge < -0.3 is 20.1 Å². The number of rotatable bonds is 9. The number of hydrogen-bond donors (Lipinski definition) is 3. The van der Waals surface area contributed by atoms with Crippen LogP contribution in [-0.4, -0.2) is 46.1 Å². The predicted octanol–water partition coefficient (Wildman–Crippen LogP) is 0.306. The number of carboxylic acids is 1. The lowest BCUT2D eigenvalue weighted by molar-refractivity contribution is -0.157. The van der Waals surface area contributed by atoms with Crippen LogP contribution in [0.25, 0.3) is 0 Å². The van der Waals surface area contributed by atoms with E-state index in [1.165, 1.54) is 0 Å². The second-order valence-electron chi connectivity index (χ2n) is 3.81. The molecule has 0 bridgehead atoms. The van der Waals surface area contributed by atoms with Gasteiger partial charge >= 0.3 is 11.9 Å². The number of ether oxygens (including phenoxy) is 1. The molecule has 100 valence electrons. The maximum absolute atomic E-state index is 11.2. The Labute approximate surface area is 100 Å². The first-order valence-electron chi connectivity index (χ1n) is 5.71. The summed E-state index contributed by atoms with van der Waals surface area (Å²) in [4.78, 5) is 21.6. The molecule has 6 nitrogen and oxygen atoms in total. The van der Waals surface area contributed by atoms with Gasteiger partial charge in [-0.2, -0.15) is 0 Å². The third-order valence-corrected chi connectivity index (χ3v) is 2.23. The van der Waals surface area contributed by atoms with Gasteiger partial charge in [0.25, 0.3) is 0 Å². The average molecular weight is 248 g/mol. The molecular formula is C11H20O6. The molecule has 3 N–H and O–H groups in total. The van der Waals surface area contributed by atoms with E-state index in [4.69, 9.17) is 14.9 Å². The summed E-state index contributed by atoms with van der Waals surface area (Å²) >= 11 is 0. The van der Waals surface area contributed by atoms with Crippen LogP contribution in [0.1, 0.15) is 39.0 Å². The molecule has 0 aromatic rings. The van der Waals surface area contributed by atoms with Gasteiger partial charge in [-0.3, -0.25) is 9.59 Å². The fraction of sp³-hybridized carbons (Fsp3) is 0.818. The number of aliphatic hydroxyl groups excluding tert-OH is 2. The lowest BCUT2D eigenvalue weighted by atomic mass is 10.1. The van der Waals surface area contributed by atoms with Crippen LogP contribution in [0.2, 0.25) is 0 Å². The average Bonchev–Trinajstić information content (AvgIpc) is 2.26. The first-order valence-corrected chi connectivity index (χ1v) is 5.71. The van der Waals surface area contributed by atoms with Crippen molar-refractivity contribution in [1.82, 2.24) is 0 Å². The number of aliphatic carboxylic acids is 1. The van der Waals surface area contributed by atoms with Crippen molar-refractivity contribution in [3.05, 3.63) is 0 Å². The summed E-state index contributed by atoms with van der Waals surface area (Å²) in [5, 5.41) is 26.7. The van der Waals surface area contributed by atoms with Gasteiger partial charge in [-0.15, -0.1) is 0 Å². The smallest absolute Gasteiger partial charge is 0.306 e. The monoisotopic (exact) mass is 248 g/mol. The maximum atomic E-state index is 11.2. The van der Waals surface area contributed by atoms with Crippen LogP contribution in [0.4, 0.5) is 0 Å². The third kappa shape index (κ3) is 7.70. The number of carbonyl (C=O) groups excluding carboxylic acids is 1. The van der Waals surface area contributed by atoms with Crippen LogP contribution in [0.15, 0.2) is 0 Å². The van der Waals surface area contributed by atoms with Crippen LogP contribution in [-0.2, 0) is 14.3 Å². The minimum Gasteiger partial charge on any atom is -0.481 e. The molecule has 0 aromatic heterocycles. The highest BCUT2D eigenvalue weighted by Crippen LogP contribution is 2.11. The second-order valence-corrected chi connectivity index (χ2v) is 3.81. The summed E-state index contributed by atoms with van der Waals surface area (Å²) < 4.78 is 4.98. The second kappa shape index (κ2) is 8.95. The Morgan fingerprint density at radius 3 is 2.41 bits per heavy atom. The van der Waals surface area contributed by atoms with E-state index in [-0.39, 0.29) is 25.7 Å². The van der Waals surface area contributed by atoms with E-state index in [1.54, 1.807) is 0 Å². The maximum Gasteiger partial charge on any atom is 0.306 e. The van der Waals surface area contributed by atoms with E-state index in [0.717, 1.165) is 0 Å². The Kier molecular flexibility index (Phi) is 8.35. The van der Waals surface area contributed by atoms with E-state index in [1.807, 2.05) is 6.92 Å². The minimum atomic E-state index is -1.16. The molecule has 0 amide bonds. The number of esters is 1. The Morgan fingerprint density at radius 1 is 1.29 bits per heavy atom. The van der Waals surface area contributed by atoms with E-state index in [2.05, 4.69) is 0 Å². The highest BCUT2D eigenvalue weighted by Gasteiger charge is 2.22. The Morgan fingerprint density at radius 2 is 1.94 bits per heavy atom. The van der Waals surface area contributed by atoms with Gasteiger partial charge in [-0.05, 0) is 19.3 Å². The lowest BCUT2D eigenvalue weighted by Gasteiger charge is -2.21. The van der Waals surface area contributed by atoms with Gasteiger partial charge in [-0.25, -0.2) is 0 Å². The van der Waals surface area contributed by atoms with Gasteiger partial charge in [0.15, 0.2) is 0 Å². The summed E-state index contributed by atoms with van der Waals surface area (Å²) in [6, 6.07) is 0. The number of carboxylic acid groups (broad SMARTS) is 1. The third-order valence-electron chi connectivity index (χ3n) is 2.23. The van der Waals surface area contributed by atoms with Crippen LogP contribution < -0.4 is 0 Å². The Bertz CT molecular complexity index is 240. The number of carbonyl (C=O) groups is 2. The Hall–Kier alpha value is -1.14. The zero-order chi connectivity index (χ0) is 13.3. The fourth-order valence-electron chi connectivity index (χ4n) is 1.33. The van der Waals surface area contributed by atoms with Crippen LogP contribution in [0.3, 0.4) is 0 Å². The highest BCUT2D eigenvalue weighted by atomic mass is 16.6. The van der Waals surface area contributed by atoms with Crippen molar-refractivity contribution in [2.45, 2.75) is 51.2 Å². The molecule has 0 aromatic carbocycles. The van der Waals surface area contributed by atoms with Gasteiger partial charge in [0.2, 0.25) is 0 Å². The molecule has 0 saturated carbocycles. The van der Waals surface area contributed by atoms with Crippen molar-refractivity contribution >= 4 is 11.9 Å². The molecule has 0 spiro atoms. The predicted molar refractivity (Wildman–Crippen MR) is 59.4 cm³/mol. The van der Waals surface area contributed by atoms with E-state index >= 15 is 0 Å². The molecule has 17 heavy (non-hydrogen) atoms. The van der Waals surface area contributed by atoms with Crippen LogP contribution >= 0.6 is 0 Å². The molecule has 2 atom stereocenters. The van der Waals surface area contributed by atoms with E-state index < -0.39 is 30.8 Å². The highest BCUT2D eigenvalue weighted by molar-refractivity contribution is 5.69. The zero-order valence-corrected chi connectivity index (χ0v) is 9.96.